The van der Waals surface area contributed by atoms with E-state index in [1.54, 1.807) is 11.9 Å². The SMILES string of the molecule is CN(CCC(=O)Nc1ccc(S(N)(=O)=O)cc1)Cc1nccn1C(F)F. The Morgan fingerprint density at radius 2 is 2.00 bits per heavy atom. The average molecular weight is 387 g/mol. The van der Waals surface area contributed by atoms with Crippen LogP contribution in [0, 0.1) is 0 Å². The molecule has 0 aliphatic carbocycles. The van der Waals surface area contributed by atoms with Crippen LogP contribution in [0.3, 0.4) is 0 Å². The van der Waals surface area contributed by atoms with Crippen molar-refractivity contribution in [1.82, 2.24) is 14.5 Å². The largest absolute Gasteiger partial charge is 0.326 e. The third kappa shape index (κ3) is 5.58. The van der Waals surface area contributed by atoms with Crippen molar-refractivity contribution in [3.63, 3.8) is 0 Å². The Labute approximate surface area is 149 Å². The molecule has 1 heterocycles. The number of primary sulfonamides is 1. The number of amides is 1. The second-order valence-electron chi connectivity index (χ2n) is 5.63. The number of halogens is 2. The maximum atomic E-state index is 12.8. The lowest BCUT2D eigenvalue weighted by atomic mass is 10.3. The third-order valence-electron chi connectivity index (χ3n) is 3.56. The van der Waals surface area contributed by atoms with Gasteiger partial charge in [-0.25, -0.2) is 18.5 Å². The number of nitrogens with one attached hydrogen (secondary N) is 1. The summed E-state index contributed by atoms with van der Waals surface area (Å²) in [6, 6.07) is 5.45. The van der Waals surface area contributed by atoms with Crippen LogP contribution >= 0.6 is 0 Å². The number of hydrogen-bond donors (Lipinski definition) is 2. The molecule has 1 aromatic heterocycles. The molecule has 0 aliphatic heterocycles. The summed E-state index contributed by atoms with van der Waals surface area (Å²) in [6.07, 6.45) is 2.63. The first-order valence-corrected chi connectivity index (χ1v) is 9.12. The number of benzene rings is 1. The number of imidazole rings is 1. The maximum Gasteiger partial charge on any atom is 0.319 e. The smallest absolute Gasteiger partial charge is 0.319 e. The van der Waals surface area contributed by atoms with E-state index in [2.05, 4.69) is 10.3 Å². The lowest BCUT2D eigenvalue weighted by Gasteiger charge is -2.17. The normalized spacial score (nSPS) is 11.9. The van der Waals surface area contributed by atoms with Gasteiger partial charge in [-0.1, -0.05) is 0 Å². The van der Waals surface area contributed by atoms with E-state index in [9.17, 15) is 22.0 Å². The number of anilines is 1. The van der Waals surface area contributed by atoms with Gasteiger partial charge in [0, 0.05) is 31.0 Å². The number of carbonyl (C=O) groups is 1. The van der Waals surface area contributed by atoms with Crippen molar-refractivity contribution in [1.29, 1.82) is 0 Å². The summed E-state index contributed by atoms with van der Waals surface area (Å²) < 4.78 is 48.6. The molecule has 1 aromatic carbocycles. The first-order valence-electron chi connectivity index (χ1n) is 7.58. The molecule has 11 heteroatoms. The van der Waals surface area contributed by atoms with Crippen LogP contribution in [0.1, 0.15) is 18.8 Å². The topological polar surface area (TPSA) is 110 Å². The van der Waals surface area contributed by atoms with Crippen LogP contribution in [0.25, 0.3) is 0 Å². The van der Waals surface area contributed by atoms with Crippen molar-refractivity contribution >= 4 is 21.6 Å². The van der Waals surface area contributed by atoms with Gasteiger partial charge in [0.25, 0.3) is 0 Å². The minimum atomic E-state index is -3.78. The summed E-state index contributed by atoms with van der Waals surface area (Å²) in [6.45, 7) is -2.16. The van der Waals surface area contributed by atoms with Crippen LogP contribution in [-0.4, -0.2) is 42.4 Å². The molecule has 8 nitrogen and oxygen atoms in total. The van der Waals surface area contributed by atoms with Gasteiger partial charge in [-0.3, -0.25) is 14.3 Å². The standard InChI is InChI=1S/C15H19F2N5O3S/c1-21(10-13-19-7-9-22(13)15(16)17)8-6-14(23)20-11-2-4-12(5-3-11)26(18,24)25/h2-5,7,9,15H,6,8,10H2,1H3,(H,20,23)(H2,18,24,25). The molecule has 2 rings (SSSR count). The summed E-state index contributed by atoms with van der Waals surface area (Å²) in [7, 11) is -2.09. The van der Waals surface area contributed by atoms with Gasteiger partial charge in [-0.05, 0) is 31.3 Å². The molecule has 3 N–H and O–H groups in total. The molecule has 0 saturated heterocycles. The number of nitrogens with zero attached hydrogens (tertiary/aromatic N) is 3. The van der Waals surface area contributed by atoms with Gasteiger partial charge in [0.1, 0.15) is 5.82 Å². The van der Waals surface area contributed by atoms with Gasteiger partial charge in [0.05, 0.1) is 11.4 Å². The minimum Gasteiger partial charge on any atom is -0.326 e. The van der Waals surface area contributed by atoms with Crippen LogP contribution < -0.4 is 10.5 Å². The molecule has 0 spiro atoms. The molecule has 0 aliphatic rings. The summed E-state index contributed by atoms with van der Waals surface area (Å²) in [5.74, 6) is -0.0844. The molecule has 142 valence electrons. The van der Waals surface area contributed by atoms with Crippen LogP contribution in [0.15, 0.2) is 41.6 Å². The zero-order valence-electron chi connectivity index (χ0n) is 14.0. The van der Waals surface area contributed by atoms with Crippen molar-refractivity contribution in [2.45, 2.75) is 24.4 Å². The van der Waals surface area contributed by atoms with E-state index in [0.29, 0.717) is 12.2 Å². The summed E-state index contributed by atoms with van der Waals surface area (Å²) in [5, 5.41) is 7.62. The fraction of sp³-hybridized carbons (Fsp3) is 0.333. The number of hydrogen-bond acceptors (Lipinski definition) is 5. The van der Waals surface area contributed by atoms with Crippen LogP contribution in [-0.2, 0) is 21.4 Å². The molecular formula is C15H19F2N5O3S. The van der Waals surface area contributed by atoms with Crippen LogP contribution in [0.5, 0.6) is 0 Å². The second kappa shape index (κ2) is 8.34. The first kappa shape index (κ1) is 19.9. The lowest BCUT2D eigenvalue weighted by molar-refractivity contribution is -0.116. The molecule has 0 bridgehead atoms. The maximum absolute atomic E-state index is 12.8. The highest BCUT2D eigenvalue weighted by atomic mass is 32.2. The Kier molecular flexibility index (Phi) is 6.40. The van der Waals surface area contributed by atoms with E-state index < -0.39 is 16.6 Å². The van der Waals surface area contributed by atoms with Crippen molar-refractivity contribution in [3.05, 3.63) is 42.5 Å². The van der Waals surface area contributed by atoms with E-state index in [-0.39, 0.29) is 29.6 Å². The van der Waals surface area contributed by atoms with E-state index in [1.165, 1.54) is 36.7 Å². The first-order chi connectivity index (χ1) is 12.2. The van der Waals surface area contributed by atoms with Gasteiger partial charge in [-0.2, -0.15) is 8.78 Å². The highest BCUT2D eigenvalue weighted by Gasteiger charge is 2.14. The molecule has 1 amide bonds. The number of nitrogens with two attached hydrogens (primary N) is 1. The molecule has 0 saturated carbocycles. The summed E-state index contributed by atoms with van der Waals surface area (Å²) in [5.41, 5.74) is 0.429. The van der Waals surface area contributed by atoms with Crippen molar-refractivity contribution < 1.29 is 22.0 Å². The average Bonchev–Trinajstić information content (AvgIpc) is 3.01. The zero-order valence-corrected chi connectivity index (χ0v) is 14.8. The summed E-state index contributed by atoms with van der Waals surface area (Å²) >= 11 is 0. The summed E-state index contributed by atoms with van der Waals surface area (Å²) in [4.78, 5) is 17.5. The molecule has 0 radical (unpaired) electrons. The van der Waals surface area contributed by atoms with Crippen molar-refractivity contribution in [3.8, 4) is 0 Å². The Balaban J connectivity index is 1.83. The molecule has 0 atom stereocenters. The van der Waals surface area contributed by atoms with E-state index in [0.717, 1.165) is 4.57 Å². The highest BCUT2D eigenvalue weighted by molar-refractivity contribution is 7.89. The number of aromatic nitrogens is 2. The molecular weight excluding hydrogens is 368 g/mol. The van der Waals surface area contributed by atoms with Gasteiger partial charge in [0.15, 0.2) is 0 Å². The van der Waals surface area contributed by atoms with Crippen molar-refractivity contribution in [2.24, 2.45) is 5.14 Å². The molecule has 0 fully saturated rings. The predicted octanol–water partition coefficient (Wildman–Crippen LogP) is 1.39. The highest BCUT2D eigenvalue weighted by Crippen LogP contribution is 2.14. The quantitative estimate of drug-likeness (QED) is 0.711. The van der Waals surface area contributed by atoms with E-state index >= 15 is 0 Å². The Bertz CT molecular complexity index is 852. The van der Waals surface area contributed by atoms with E-state index in [1.807, 2.05) is 0 Å². The minimum absolute atomic E-state index is 0.0511. The van der Waals surface area contributed by atoms with Gasteiger partial charge < -0.3 is 5.32 Å². The van der Waals surface area contributed by atoms with E-state index in [4.69, 9.17) is 5.14 Å². The fourth-order valence-corrected chi connectivity index (χ4v) is 2.72. The fourth-order valence-electron chi connectivity index (χ4n) is 2.21. The van der Waals surface area contributed by atoms with Crippen LogP contribution in [0.4, 0.5) is 14.5 Å². The number of rotatable bonds is 8. The monoisotopic (exact) mass is 387 g/mol. The third-order valence-corrected chi connectivity index (χ3v) is 4.49. The Morgan fingerprint density at radius 3 is 2.58 bits per heavy atom. The van der Waals surface area contributed by atoms with Crippen LogP contribution in [0.2, 0.25) is 0 Å². The lowest BCUT2D eigenvalue weighted by Crippen LogP contribution is -2.25. The molecule has 26 heavy (non-hydrogen) atoms. The van der Waals surface area contributed by atoms with Gasteiger partial charge >= 0.3 is 6.55 Å². The van der Waals surface area contributed by atoms with Crippen molar-refractivity contribution in [2.75, 3.05) is 18.9 Å². The zero-order chi connectivity index (χ0) is 19.3. The molecule has 0 unspecified atom stereocenters. The number of carbonyl (C=O) groups excluding carboxylic acids is 1. The predicted molar refractivity (Wildman–Crippen MR) is 90.9 cm³/mol. The van der Waals surface area contributed by atoms with Gasteiger partial charge in [-0.15, -0.1) is 0 Å². The number of sulfonamides is 1. The van der Waals surface area contributed by atoms with Gasteiger partial charge in [0.2, 0.25) is 15.9 Å². The Hall–Kier alpha value is -2.37. The second-order valence-corrected chi connectivity index (χ2v) is 7.20. The number of alkyl halides is 2. The molecule has 2 aromatic rings. The Morgan fingerprint density at radius 1 is 1.35 bits per heavy atom.